The van der Waals surface area contributed by atoms with E-state index in [1.54, 1.807) is 0 Å². The second-order valence-electron chi connectivity index (χ2n) is 4.58. The van der Waals surface area contributed by atoms with E-state index in [0.717, 1.165) is 16.8 Å². The largest absolute Gasteiger partial charge is 0.480 e. The highest BCUT2D eigenvalue weighted by atomic mass is 16.4. The summed E-state index contributed by atoms with van der Waals surface area (Å²) >= 11 is 0. The monoisotopic (exact) mass is 248 g/mol. The van der Waals surface area contributed by atoms with Gasteiger partial charge < -0.3 is 5.11 Å². The number of hydrazine groups is 1. The van der Waals surface area contributed by atoms with Crippen LogP contribution in [0.15, 0.2) is 18.2 Å². The molecule has 0 saturated carbocycles. The molecule has 96 valence electrons. The number of anilines is 1. The van der Waals surface area contributed by atoms with E-state index in [4.69, 9.17) is 5.11 Å². The molecular formula is C13H16N2O3. The van der Waals surface area contributed by atoms with E-state index in [1.165, 1.54) is 5.01 Å². The lowest BCUT2D eigenvalue weighted by Crippen LogP contribution is -2.55. The number of carboxylic acid groups (broad SMARTS) is 1. The fourth-order valence-electron chi connectivity index (χ4n) is 2.01. The maximum Gasteiger partial charge on any atom is 0.322 e. The number of aliphatic carboxylic acids is 1. The van der Waals surface area contributed by atoms with Crippen LogP contribution in [0.2, 0.25) is 0 Å². The van der Waals surface area contributed by atoms with E-state index in [-0.39, 0.29) is 12.3 Å². The average Bonchev–Trinajstić information content (AvgIpc) is 2.33. The Balaban J connectivity index is 2.32. The van der Waals surface area contributed by atoms with Crippen LogP contribution >= 0.6 is 0 Å². The van der Waals surface area contributed by atoms with Gasteiger partial charge in [-0.3, -0.25) is 9.59 Å². The lowest BCUT2D eigenvalue weighted by atomic mass is 10.1. The van der Waals surface area contributed by atoms with Gasteiger partial charge in [-0.15, -0.1) is 0 Å². The highest BCUT2D eigenvalue weighted by Crippen LogP contribution is 2.23. The van der Waals surface area contributed by atoms with E-state index in [0.29, 0.717) is 6.42 Å². The molecule has 0 aliphatic carbocycles. The number of hydrogen-bond acceptors (Lipinski definition) is 3. The molecule has 1 heterocycles. The number of carbonyl (C=O) groups excluding carboxylic acids is 1. The lowest BCUT2D eigenvalue weighted by molar-refractivity contribution is -0.140. The van der Waals surface area contributed by atoms with Gasteiger partial charge in [0.2, 0.25) is 5.91 Å². The van der Waals surface area contributed by atoms with E-state index >= 15 is 0 Å². The van der Waals surface area contributed by atoms with E-state index in [2.05, 4.69) is 5.43 Å². The van der Waals surface area contributed by atoms with Crippen LogP contribution in [0.25, 0.3) is 0 Å². The molecule has 1 amide bonds. The Morgan fingerprint density at radius 1 is 1.44 bits per heavy atom. The summed E-state index contributed by atoms with van der Waals surface area (Å²) < 4.78 is 0. The first kappa shape index (κ1) is 12.6. The maximum atomic E-state index is 11.9. The Morgan fingerprint density at radius 2 is 2.17 bits per heavy atom. The Morgan fingerprint density at radius 3 is 2.83 bits per heavy atom. The minimum atomic E-state index is -0.933. The number of nitrogens with zero attached hydrogens (tertiary/aromatic N) is 1. The molecule has 1 saturated heterocycles. The summed E-state index contributed by atoms with van der Waals surface area (Å²) in [6.45, 7) is 3.83. The molecule has 1 fully saturated rings. The molecule has 2 rings (SSSR count). The Bertz CT molecular complexity index is 499. The molecule has 0 spiro atoms. The third-order valence-electron chi connectivity index (χ3n) is 3.08. The van der Waals surface area contributed by atoms with Crippen LogP contribution in [0.1, 0.15) is 24.0 Å². The SMILES string of the molecule is Cc1ccc(C)c(N2N[C@@H](C(=O)O)CCC2=O)c1. The first-order chi connectivity index (χ1) is 8.49. The van der Waals surface area contributed by atoms with E-state index < -0.39 is 12.0 Å². The number of rotatable bonds is 2. The normalized spacial score (nSPS) is 20.0. The number of hydrogen-bond donors (Lipinski definition) is 2. The first-order valence-corrected chi connectivity index (χ1v) is 5.88. The molecule has 0 aromatic heterocycles. The van der Waals surface area contributed by atoms with Gasteiger partial charge in [0.25, 0.3) is 0 Å². The van der Waals surface area contributed by atoms with Crippen LogP contribution in [-0.4, -0.2) is 23.0 Å². The molecule has 5 heteroatoms. The van der Waals surface area contributed by atoms with E-state index in [1.807, 2.05) is 32.0 Å². The van der Waals surface area contributed by atoms with Gasteiger partial charge in [-0.25, -0.2) is 10.4 Å². The third kappa shape index (κ3) is 2.36. The minimum absolute atomic E-state index is 0.0961. The van der Waals surface area contributed by atoms with Crippen molar-refractivity contribution in [2.24, 2.45) is 0 Å². The summed E-state index contributed by atoms with van der Waals surface area (Å²) in [7, 11) is 0. The zero-order chi connectivity index (χ0) is 13.3. The van der Waals surface area contributed by atoms with Crippen LogP contribution in [0.4, 0.5) is 5.69 Å². The fourth-order valence-corrected chi connectivity index (χ4v) is 2.01. The summed E-state index contributed by atoms with van der Waals surface area (Å²) in [5.41, 5.74) is 5.47. The number of amides is 1. The van der Waals surface area contributed by atoms with Crippen LogP contribution in [-0.2, 0) is 9.59 Å². The van der Waals surface area contributed by atoms with Gasteiger partial charge in [0.05, 0.1) is 5.69 Å². The molecule has 18 heavy (non-hydrogen) atoms. The van der Waals surface area contributed by atoms with Gasteiger partial charge in [0.15, 0.2) is 0 Å². The molecule has 0 unspecified atom stereocenters. The predicted octanol–water partition coefficient (Wildman–Crippen LogP) is 1.39. The maximum absolute atomic E-state index is 11.9. The van der Waals surface area contributed by atoms with Crippen molar-refractivity contribution in [1.29, 1.82) is 0 Å². The molecule has 1 aromatic rings. The van der Waals surface area contributed by atoms with Crippen molar-refractivity contribution in [2.45, 2.75) is 32.7 Å². The van der Waals surface area contributed by atoms with Gasteiger partial charge in [0.1, 0.15) is 6.04 Å². The number of aryl methyl sites for hydroxylation is 2. The zero-order valence-corrected chi connectivity index (χ0v) is 10.4. The molecule has 1 aromatic carbocycles. The molecule has 1 aliphatic heterocycles. The van der Waals surface area contributed by atoms with Crippen LogP contribution < -0.4 is 10.4 Å². The zero-order valence-electron chi connectivity index (χ0n) is 10.4. The predicted molar refractivity (Wildman–Crippen MR) is 67.2 cm³/mol. The van der Waals surface area contributed by atoms with Gasteiger partial charge in [-0.1, -0.05) is 12.1 Å². The highest BCUT2D eigenvalue weighted by molar-refractivity contribution is 5.95. The van der Waals surface area contributed by atoms with Gasteiger partial charge >= 0.3 is 5.97 Å². The Kier molecular flexibility index (Phi) is 3.34. The Labute approximate surface area is 105 Å². The summed E-state index contributed by atoms with van der Waals surface area (Å²) in [6, 6.07) is 5.05. The van der Waals surface area contributed by atoms with Gasteiger partial charge in [-0.2, -0.15) is 0 Å². The molecule has 0 bridgehead atoms. The van der Waals surface area contributed by atoms with Crippen LogP contribution in [0, 0.1) is 13.8 Å². The summed E-state index contributed by atoms with van der Waals surface area (Å²) in [6.07, 6.45) is 0.576. The Hall–Kier alpha value is -1.88. The molecule has 2 N–H and O–H groups in total. The quantitative estimate of drug-likeness (QED) is 0.829. The molecular weight excluding hydrogens is 232 g/mol. The minimum Gasteiger partial charge on any atom is -0.480 e. The topological polar surface area (TPSA) is 69.6 Å². The molecule has 0 radical (unpaired) electrons. The van der Waals surface area contributed by atoms with Crippen molar-refractivity contribution in [2.75, 3.05) is 5.01 Å². The van der Waals surface area contributed by atoms with Crippen molar-refractivity contribution in [3.05, 3.63) is 29.3 Å². The van der Waals surface area contributed by atoms with Crippen LogP contribution in [0.5, 0.6) is 0 Å². The molecule has 5 nitrogen and oxygen atoms in total. The highest BCUT2D eigenvalue weighted by Gasteiger charge is 2.30. The smallest absolute Gasteiger partial charge is 0.322 e. The number of benzene rings is 1. The number of nitrogens with one attached hydrogen (secondary N) is 1. The fraction of sp³-hybridized carbons (Fsp3) is 0.385. The van der Waals surface area contributed by atoms with Crippen molar-refractivity contribution in [3.8, 4) is 0 Å². The summed E-state index contributed by atoms with van der Waals surface area (Å²) in [5.74, 6) is -1.03. The summed E-state index contributed by atoms with van der Waals surface area (Å²) in [5, 5.41) is 10.4. The second kappa shape index (κ2) is 4.78. The van der Waals surface area contributed by atoms with Crippen molar-refractivity contribution < 1.29 is 14.7 Å². The van der Waals surface area contributed by atoms with Crippen LogP contribution in [0.3, 0.4) is 0 Å². The number of carbonyl (C=O) groups is 2. The van der Waals surface area contributed by atoms with Crippen molar-refractivity contribution in [1.82, 2.24) is 5.43 Å². The third-order valence-corrected chi connectivity index (χ3v) is 3.08. The number of carboxylic acids is 1. The molecule has 1 aliphatic rings. The average molecular weight is 248 g/mol. The van der Waals surface area contributed by atoms with Gasteiger partial charge in [0, 0.05) is 6.42 Å². The molecule has 1 atom stereocenters. The van der Waals surface area contributed by atoms with Crippen molar-refractivity contribution >= 4 is 17.6 Å². The lowest BCUT2D eigenvalue weighted by Gasteiger charge is -2.32. The second-order valence-corrected chi connectivity index (χ2v) is 4.58. The van der Waals surface area contributed by atoms with E-state index in [9.17, 15) is 9.59 Å². The summed E-state index contributed by atoms with van der Waals surface area (Å²) in [4.78, 5) is 22.9. The standard InChI is InChI=1S/C13H16N2O3/c1-8-3-4-9(2)11(7-8)15-12(16)6-5-10(14-15)13(17)18/h3-4,7,10,14H,5-6H2,1-2H3,(H,17,18)/t10-/m1/s1. The van der Waals surface area contributed by atoms with Crippen molar-refractivity contribution in [3.63, 3.8) is 0 Å². The van der Waals surface area contributed by atoms with Gasteiger partial charge in [-0.05, 0) is 37.5 Å². The first-order valence-electron chi connectivity index (χ1n) is 5.88.